The van der Waals surface area contributed by atoms with Crippen LogP contribution in [0.5, 0.6) is 0 Å². The first-order chi connectivity index (χ1) is 12.2. The fourth-order valence-electron chi connectivity index (χ4n) is 4.91. The van der Waals surface area contributed by atoms with Gasteiger partial charge in [-0.25, -0.2) is 0 Å². The Bertz CT molecular complexity index is 679. The lowest BCUT2D eigenvalue weighted by molar-refractivity contribution is 0.237. The summed E-state index contributed by atoms with van der Waals surface area (Å²) in [6, 6.07) is 0. The molecule has 2 aliphatic heterocycles. The molecule has 0 aromatic carbocycles. The van der Waals surface area contributed by atoms with Crippen molar-refractivity contribution in [2.24, 2.45) is 17.2 Å². The second-order valence-corrected chi connectivity index (χ2v) is 9.64. The predicted octanol–water partition coefficient (Wildman–Crippen LogP) is 2.40. The van der Waals surface area contributed by atoms with Gasteiger partial charge in [-0.3, -0.25) is 15.8 Å². The van der Waals surface area contributed by atoms with Gasteiger partial charge in [0.05, 0.1) is 11.4 Å². The molecule has 2 aliphatic rings. The molecule has 3 rings (SSSR count). The molecular formula is C20H36N6. The highest BCUT2D eigenvalue weighted by molar-refractivity contribution is 5.34. The van der Waals surface area contributed by atoms with Gasteiger partial charge in [0.15, 0.2) is 0 Å². The number of hydrogen-bond donors (Lipinski definition) is 4. The largest absolute Gasteiger partial charge is 0.327 e. The molecule has 0 saturated heterocycles. The van der Waals surface area contributed by atoms with Gasteiger partial charge in [0.2, 0.25) is 0 Å². The van der Waals surface area contributed by atoms with Crippen LogP contribution < -0.4 is 16.6 Å². The second kappa shape index (κ2) is 6.98. The number of rotatable bonds is 6. The number of nitrogens with two attached hydrogens (primary N) is 1. The molecule has 26 heavy (non-hydrogen) atoms. The average molecular weight is 361 g/mol. The Balaban J connectivity index is 1.76. The Morgan fingerprint density at radius 2 is 1.92 bits per heavy atom. The molecule has 0 spiro atoms. The lowest BCUT2D eigenvalue weighted by Crippen LogP contribution is -2.38. The molecule has 146 valence electrons. The highest BCUT2D eigenvalue weighted by Crippen LogP contribution is 2.39. The van der Waals surface area contributed by atoms with E-state index in [2.05, 4.69) is 67.4 Å². The number of aromatic nitrogens is 2. The molecule has 1 atom stereocenters. The van der Waals surface area contributed by atoms with Crippen LogP contribution in [-0.4, -0.2) is 34.7 Å². The van der Waals surface area contributed by atoms with Crippen LogP contribution in [0, 0.1) is 11.3 Å². The minimum absolute atomic E-state index is 0.00525. The van der Waals surface area contributed by atoms with E-state index in [9.17, 15) is 0 Å². The Hall–Kier alpha value is -1.37. The van der Waals surface area contributed by atoms with E-state index >= 15 is 0 Å². The molecule has 3 heterocycles. The van der Waals surface area contributed by atoms with Gasteiger partial charge in [-0.05, 0) is 23.3 Å². The SMILES string of the molecule is CCC(C1=C(NN)CN(CC(C)(C)c2n[nH]c3c2CNC3)C1)C(C)(C)C. The van der Waals surface area contributed by atoms with Crippen LogP contribution in [-0.2, 0) is 18.5 Å². The highest BCUT2D eigenvalue weighted by Gasteiger charge is 2.37. The zero-order valence-electron chi connectivity index (χ0n) is 17.3. The Morgan fingerprint density at radius 1 is 1.19 bits per heavy atom. The van der Waals surface area contributed by atoms with E-state index in [0.717, 1.165) is 39.1 Å². The van der Waals surface area contributed by atoms with Crippen molar-refractivity contribution in [3.8, 4) is 0 Å². The molecule has 5 N–H and O–H groups in total. The summed E-state index contributed by atoms with van der Waals surface area (Å²) < 4.78 is 0. The molecule has 0 radical (unpaired) electrons. The third-order valence-corrected chi connectivity index (χ3v) is 6.03. The van der Waals surface area contributed by atoms with Crippen LogP contribution in [0.2, 0.25) is 0 Å². The van der Waals surface area contributed by atoms with Gasteiger partial charge in [-0.2, -0.15) is 5.10 Å². The van der Waals surface area contributed by atoms with Gasteiger partial charge in [-0.1, -0.05) is 41.5 Å². The third-order valence-electron chi connectivity index (χ3n) is 6.03. The van der Waals surface area contributed by atoms with Crippen molar-refractivity contribution < 1.29 is 0 Å². The molecule has 6 heteroatoms. The van der Waals surface area contributed by atoms with Crippen molar-refractivity contribution in [1.82, 2.24) is 25.8 Å². The van der Waals surface area contributed by atoms with E-state index in [1.165, 1.54) is 28.2 Å². The summed E-state index contributed by atoms with van der Waals surface area (Å²) in [4.78, 5) is 2.52. The first-order valence-electron chi connectivity index (χ1n) is 9.85. The highest BCUT2D eigenvalue weighted by atomic mass is 15.3. The Kier molecular flexibility index (Phi) is 5.21. The van der Waals surface area contributed by atoms with E-state index in [0.29, 0.717) is 5.92 Å². The minimum Gasteiger partial charge on any atom is -0.327 e. The van der Waals surface area contributed by atoms with Crippen LogP contribution in [0.1, 0.15) is 64.9 Å². The van der Waals surface area contributed by atoms with Crippen LogP contribution >= 0.6 is 0 Å². The topological polar surface area (TPSA) is 82.0 Å². The van der Waals surface area contributed by atoms with Crippen molar-refractivity contribution in [1.29, 1.82) is 0 Å². The van der Waals surface area contributed by atoms with Crippen LogP contribution in [0.15, 0.2) is 11.3 Å². The predicted molar refractivity (Wildman–Crippen MR) is 106 cm³/mol. The molecule has 1 unspecified atom stereocenters. The first-order valence-corrected chi connectivity index (χ1v) is 9.85. The molecular weight excluding hydrogens is 324 g/mol. The van der Waals surface area contributed by atoms with E-state index in [1.807, 2.05) is 0 Å². The standard InChI is InChI=1S/C20H36N6/c1-7-15(19(2,3)4)14-10-26(11-17(14)23-21)12-20(5,6)18-13-8-22-9-16(13)24-25-18/h15,22-23H,7-12,21H2,1-6H3,(H,24,25). The number of nitrogens with zero attached hydrogens (tertiary/aromatic N) is 2. The third kappa shape index (κ3) is 3.55. The lowest BCUT2D eigenvalue weighted by Gasteiger charge is -2.33. The zero-order chi connectivity index (χ0) is 19.1. The molecule has 0 saturated carbocycles. The number of hydrazine groups is 1. The Morgan fingerprint density at radius 3 is 2.54 bits per heavy atom. The van der Waals surface area contributed by atoms with Gasteiger partial charge >= 0.3 is 0 Å². The zero-order valence-corrected chi connectivity index (χ0v) is 17.3. The number of H-pyrrole nitrogens is 1. The second-order valence-electron chi connectivity index (χ2n) is 9.64. The van der Waals surface area contributed by atoms with Crippen LogP contribution in [0.25, 0.3) is 0 Å². The molecule has 0 amide bonds. The van der Waals surface area contributed by atoms with Crippen molar-refractivity contribution in [3.05, 3.63) is 28.2 Å². The maximum Gasteiger partial charge on any atom is 0.0739 e. The fourth-order valence-corrected chi connectivity index (χ4v) is 4.91. The number of nitrogens with one attached hydrogen (secondary N) is 3. The van der Waals surface area contributed by atoms with Crippen LogP contribution in [0.4, 0.5) is 0 Å². The van der Waals surface area contributed by atoms with Crippen molar-refractivity contribution in [3.63, 3.8) is 0 Å². The summed E-state index contributed by atoms with van der Waals surface area (Å²) in [6.45, 7) is 18.6. The first kappa shape index (κ1) is 19.4. The summed E-state index contributed by atoms with van der Waals surface area (Å²) >= 11 is 0. The fraction of sp³-hybridized carbons (Fsp3) is 0.750. The van der Waals surface area contributed by atoms with Gasteiger partial charge in [-0.15, -0.1) is 0 Å². The number of hydrogen-bond acceptors (Lipinski definition) is 5. The molecule has 0 fully saturated rings. The summed E-state index contributed by atoms with van der Waals surface area (Å²) in [6.07, 6.45) is 1.14. The molecule has 0 bridgehead atoms. The Labute approximate surface area is 158 Å². The van der Waals surface area contributed by atoms with Crippen LogP contribution in [0.3, 0.4) is 0 Å². The smallest absolute Gasteiger partial charge is 0.0739 e. The average Bonchev–Trinajstić information content (AvgIpc) is 3.20. The quantitative estimate of drug-likeness (QED) is 0.463. The monoisotopic (exact) mass is 360 g/mol. The molecule has 1 aromatic rings. The van der Waals surface area contributed by atoms with E-state index in [1.54, 1.807) is 0 Å². The van der Waals surface area contributed by atoms with Gasteiger partial charge in [0.1, 0.15) is 0 Å². The van der Waals surface area contributed by atoms with Gasteiger partial charge in [0, 0.05) is 49.4 Å². The van der Waals surface area contributed by atoms with E-state index in [4.69, 9.17) is 5.84 Å². The maximum absolute atomic E-state index is 5.89. The summed E-state index contributed by atoms with van der Waals surface area (Å²) in [7, 11) is 0. The van der Waals surface area contributed by atoms with Crippen molar-refractivity contribution in [2.75, 3.05) is 19.6 Å². The van der Waals surface area contributed by atoms with Crippen molar-refractivity contribution >= 4 is 0 Å². The lowest BCUT2D eigenvalue weighted by atomic mass is 9.74. The summed E-state index contributed by atoms with van der Waals surface area (Å²) in [5.41, 5.74) is 9.73. The molecule has 6 nitrogen and oxygen atoms in total. The molecule has 0 aliphatic carbocycles. The maximum atomic E-state index is 5.89. The van der Waals surface area contributed by atoms with Gasteiger partial charge < -0.3 is 10.7 Å². The van der Waals surface area contributed by atoms with E-state index < -0.39 is 0 Å². The minimum atomic E-state index is -0.00525. The summed E-state index contributed by atoms with van der Waals surface area (Å²) in [5, 5.41) is 11.3. The summed E-state index contributed by atoms with van der Waals surface area (Å²) in [5.74, 6) is 6.44. The normalized spacial score (nSPS) is 20.0. The van der Waals surface area contributed by atoms with Gasteiger partial charge in [0.25, 0.3) is 0 Å². The molecule has 1 aromatic heterocycles. The van der Waals surface area contributed by atoms with E-state index in [-0.39, 0.29) is 10.8 Å². The van der Waals surface area contributed by atoms with Crippen molar-refractivity contribution in [2.45, 2.75) is 66.5 Å². The number of fused-ring (bicyclic) bond motifs is 1. The number of aromatic amines is 1.